The molecule has 1 amide bonds. The summed E-state index contributed by atoms with van der Waals surface area (Å²) in [5.74, 6) is 1.01. The van der Waals surface area contributed by atoms with Gasteiger partial charge in [0.25, 0.3) is 5.91 Å². The third kappa shape index (κ3) is 3.68. The van der Waals surface area contributed by atoms with Crippen molar-refractivity contribution in [1.29, 1.82) is 0 Å². The van der Waals surface area contributed by atoms with Crippen LogP contribution in [0, 0.1) is 5.92 Å². The van der Waals surface area contributed by atoms with Crippen molar-refractivity contribution in [2.75, 3.05) is 13.2 Å². The number of hydrogen-bond acceptors (Lipinski definition) is 5. The van der Waals surface area contributed by atoms with Crippen LogP contribution >= 0.6 is 11.6 Å². The molecule has 27 heavy (non-hydrogen) atoms. The number of ether oxygens (including phenoxy) is 1. The zero-order chi connectivity index (χ0) is 19.0. The van der Waals surface area contributed by atoms with E-state index in [9.17, 15) is 4.79 Å². The number of nitrogens with one attached hydrogen (secondary N) is 4. The Hall–Kier alpha value is -1.34. The van der Waals surface area contributed by atoms with E-state index in [2.05, 4.69) is 35.3 Å². The highest BCUT2D eigenvalue weighted by Crippen LogP contribution is 2.37. The molecule has 1 saturated heterocycles. The van der Waals surface area contributed by atoms with Gasteiger partial charge >= 0.3 is 0 Å². The highest BCUT2D eigenvalue weighted by Gasteiger charge is 2.48. The van der Waals surface area contributed by atoms with Gasteiger partial charge in [-0.15, -0.1) is 11.6 Å². The first-order chi connectivity index (χ1) is 13.0. The topological polar surface area (TPSA) is 74.4 Å². The lowest BCUT2D eigenvalue weighted by atomic mass is 9.75. The lowest BCUT2D eigenvalue weighted by Crippen LogP contribution is -2.59. The second kappa shape index (κ2) is 7.59. The molecule has 4 unspecified atom stereocenters. The molecule has 2 aliphatic heterocycles. The van der Waals surface area contributed by atoms with Gasteiger partial charge in [-0.25, -0.2) is 0 Å². The van der Waals surface area contributed by atoms with Crippen molar-refractivity contribution in [1.82, 2.24) is 21.5 Å². The van der Waals surface area contributed by atoms with Gasteiger partial charge in [-0.2, -0.15) is 0 Å². The summed E-state index contributed by atoms with van der Waals surface area (Å²) < 4.78 is 5.87. The maximum atomic E-state index is 13.1. The number of benzene rings is 1. The summed E-state index contributed by atoms with van der Waals surface area (Å²) in [6.07, 6.45) is 3.29. The minimum atomic E-state index is -0.427. The van der Waals surface area contributed by atoms with Crippen molar-refractivity contribution in [3.05, 3.63) is 29.3 Å². The summed E-state index contributed by atoms with van der Waals surface area (Å²) in [6, 6.07) is 6.14. The van der Waals surface area contributed by atoms with Crippen LogP contribution in [0.15, 0.2) is 18.2 Å². The van der Waals surface area contributed by atoms with Crippen molar-refractivity contribution in [2.24, 2.45) is 5.92 Å². The van der Waals surface area contributed by atoms with E-state index in [0.29, 0.717) is 23.8 Å². The number of carbonyl (C=O) groups is 1. The molecule has 0 radical (unpaired) electrons. The number of rotatable bonds is 3. The SMILES string of the molecule is CC(C)(NC(=O)c1cccc2c1OCCNC2)C1NNC2C(Cl)CCCC21. The molecule has 4 rings (SSSR count). The van der Waals surface area contributed by atoms with Crippen LogP contribution in [0.25, 0.3) is 0 Å². The van der Waals surface area contributed by atoms with Crippen molar-refractivity contribution in [2.45, 2.75) is 62.7 Å². The van der Waals surface area contributed by atoms with Gasteiger partial charge in [-0.05, 0) is 38.7 Å². The number of alkyl halides is 1. The van der Waals surface area contributed by atoms with E-state index in [-0.39, 0.29) is 23.4 Å². The van der Waals surface area contributed by atoms with Crippen LogP contribution in [0.5, 0.6) is 5.75 Å². The fourth-order valence-electron chi connectivity index (χ4n) is 4.72. The van der Waals surface area contributed by atoms with E-state index < -0.39 is 5.54 Å². The lowest BCUT2D eigenvalue weighted by molar-refractivity contribution is 0.0875. The molecule has 2 heterocycles. The van der Waals surface area contributed by atoms with E-state index >= 15 is 0 Å². The average Bonchev–Trinajstić information content (AvgIpc) is 2.94. The standard InChI is InChI=1S/C20H29ClN4O2/c1-20(2,18-13-6-4-8-15(21)16(13)24-25-18)23-19(26)14-7-3-5-12-11-22-9-10-27-17(12)14/h3,5,7,13,15-16,18,22,24-25H,4,6,8-11H2,1-2H3,(H,23,26). The number of carbonyl (C=O) groups excluding carboxylic acids is 1. The van der Waals surface area contributed by atoms with E-state index in [1.807, 2.05) is 18.2 Å². The van der Waals surface area contributed by atoms with Crippen molar-refractivity contribution in [3.63, 3.8) is 0 Å². The first kappa shape index (κ1) is 19.0. The minimum Gasteiger partial charge on any atom is -0.491 e. The first-order valence-corrected chi connectivity index (χ1v) is 10.3. The first-order valence-electron chi connectivity index (χ1n) is 9.90. The molecule has 1 aliphatic carbocycles. The summed E-state index contributed by atoms with van der Waals surface area (Å²) >= 11 is 6.52. The number of hydrazine groups is 1. The Morgan fingerprint density at radius 3 is 3.00 bits per heavy atom. The predicted octanol–water partition coefficient (Wildman–Crippen LogP) is 1.93. The second-order valence-electron chi connectivity index (χ2n) is 8.40. The van der Waals surface area contributed by atoms with Crippen LogP contribution in [0.4, 0.5) is 0 Å². The summed E-state index contributed by atoms with van der Waals surface area (Å²) in [6.45, 7) is 6.22. The van der Waals surface area contributed by atoms with E-state index in [0.717, 1.165) is 37.9 Å². The summed E-state index contributed by atoms with van der Waals surface area (Å²) in [4.78, 5) is 13.1. The normalized spacial score (nSPS) is 30.6. The molecule has 1 saturated carbocycles. The molecule has 0 bridgehead atoms. The van der Waals surface area contributed by atoms with Gasteiger partial charge in [0.2, 0.25) is 0 Å². The van der Waals surface area contributed by atoms with Crippen molar-refractivity contribution < 1.29 is 9.53 Å². The van der Waals surface area contributed by atoms with Gasteiger partial charge in [-0.1, -0.05) is 18.6 Å². The third-order valence-electron chi connectivity index (χ3n) is 6.10. The highest BCUT2D eigenvalue weighted by molar-refractivity contribution is 6.21. The molecule has 3 aliphatic rings. The largest absolute Gasteiger partial charge is 0.491 e. The summed E-state index contributed by atoms with van der Waals surface area (Å²) in [5, 5.41) is 6.70. The van der Waals surface area contributed by atoms with Crippen LogP contribution in [-0.2, 0) is 6.54 Å². The maximum absolute atomic E-state index is 13.1. The molecule has 4 atom stereocenters. The van der Waals surface area contributed by atoms with Crippen molar-refractivity contribution >= 4 is 17.5 Å². The fourth-order valence-corrected chi connectivity index (χ4v) is 5.12. The van der Waals surface area contributed by atoms with Gasteiger partial charge in [0, 0.05) is 30.7 Å². The van der Waals surface area contributed by atoms with Crippen LogP contribution in [0.1, 0.15) is 49.0 Å². The molecule has 148 valence electrons. The number of para-hydroxylation sites is 1. The predicted molar refractivity (Wildman–Crippen MR) is 106 cm³/mol. The average molecular weight is 393 g/mol. The molecular formula is C20H29ClN4O2. The van der Waals surface area contributed by atoms with E-state index in [1.165, 1.54) is 0 Å². The number of fused-ring (bicyclic) bond motifs is 2. The molecule has 6 nitrogen and oxygen atoms in total. The van der Waals surface area contributed by atoms with Gasteiger partial charge in [0.15, 0.2) is 0 Å². The van der Waals surface area contributed by atoms with E-state index in [4.69, 9.17) is 16.3 Å². The zero-order valence-electron chi connectivity index (χ0n) is 16.0. The lowest BCUT2D eigenvalue weighted by Gasteiger charge is -2.39. The smallest absolute Gasteiger partial charge is 0.255 e. The van der Waals surface area contributed by atoms with Gasteiger partial charge in [-0.3, -0.25) is 15.6 Å². The Bertz CT molecular complexity index is 711. The second-order valence-corrected chi connectivity index (χ2v) is 8.96. The molecule has 4 N–H and O–H groups in total. The Labute approximate surface area is 165 Å². The minimum absolute atomic E-state index is 0.0952. The van der Waals surface area contributed by atoms with E-state index in [1.54, 1.807) is 0 Å². The quantitative estimate of drug-likeness (QED) is 0.591. The Morgan fingerprint density at radius 2 is 2.15 bits per heavy atom. The molecule has 2 fully saturated rings. The zero-order valence-corrected chi connectivity index (χ0v) is 16.7. The molecule has 7 heteroatoms. The Balaban J connectivity index is 1.52. The molecule has 0 spiro atoms. The van der Waals surface area contributed by atoms with Crippen LogP contribution in [0.3, 0.4) is 0 Å². The molecule has 1 aromatic rings. The fraction of sp³-hybridized carbons (Fsp3) is 0.650. The van der Waals surface area contributed by atoms with Crippen LogP contribution in [0.2, 0.25) is 0 Å². The molecular weight excluding hydrogens is 364 g/mol. The van der Waals surface area contributed by atoms with Crippen LogP contribution < -0.4 is 26.2 Å². The summed E-state index contributed by atoms with van der Waals surface area (Å²) in [7, 11) is 0. The molecule has 0 aromatic heterocycles. The number of hydrogen-bond donors (Lipinski definition) is 4. The number of amides is 1. The number of halogens is 1. The monoisotopic (exact) mass is 392 g/mol. The van der Waals surface area contributed by atoms with Gasteiger partial charge in [0.1, 0.15) is 12.4 Å². The highest BCUT2D eigenvalue weighted by atomic mass is 35.5. The molecule has 1 aromatic carbocycles. The Kier molecular flexibility index (Phi) is 5.34. The maximum Gasteiger partial charge on any atom is 0.255 e. The summed E-state index contributed by atoms with van der Waals surface area (Å²) in [5.41, 5.74) is 7.98. The van der Waals surface area contributed by atoms with Gasteiger partial charge < -0.3 is 15.4 Å². The van der Waals surface area contributed by atoms with Crippen molar-refractivity contribution in [3.8, 4) is 5.75 Å². The Morgan fingerprint density at radius 1 is 1.30 bits per heavy atom. The van der Waals surface area contributed by atoms with Crippen LogP contribution in [-0.4, -0.2) is 42.1 Å². The third-order valence-corrected chi connectivity index (χ3v) is 6.59. The van der Waals surface area contributed by atoms with Gasteiger partial charge in [0.05, 0.1) is 16.5 Å².